The van der Waals surface area contributed by atoms with Crippen LogP contribution in [0.5, 0.6) is 0 Å². The fourth-order valence-electron chi connectivity index (χ4n) is 1.62. The Bertz CT molecular complexity index is 636. The highest BCUT2D eigenvalue weighted by atomic mass is 127. The fraction of sp³-hybridized carbons (Fsp3) is 0.0714. The van der Waals surface area contributed by atoms with Crippen LogP contribution >= 0.6 is 57.7 Å². The minimum Gasteiger partial charge on any atom is -0.268 e. The molecule has 7 heteroatoms. The van der Waals surface area contributed by atoms with Crippen molar-refractivity contribution in [3.05, 3.63) is 63.7 Å². The van der Waals surface area contributed by atoms with Crippen LogP contribution in [0.25, 0.3) is 0 Å². The lowest BCUT2D eigenvalue weighted by Gasteiger charge is -2.24. The number of amides is 1. The number of alkyl halides is 3. The van der Waals surface area contributed by atoms with Gasteiger partial charge in [0.15, 0.2) is 0 Å². The van der Waals surface area contributed by atoms with Crippen LogP contribution in [0.2, 0.25) is 0 Å². The molecule has 0 unspecified atom stereocenters. The van der Waals surface area contributed by atoms with E-state index in [1.807, 2.05) is 28.7 Å². The molecule has 0 spiro atoms. The van der Waals surface area contributed by atoms with Gasteiger partial charge in [0, 0.05) is 15.5 Å². The van der Waals surface area contributed by atoms with Crippen molar-refractivity contribution in [1.29, 1.82) is 0 Å². The molecule has 0 fully saturated rings. The Kier molecular flexibility index (Phi) is 5.76. The molecule has 21 heavy (non-hydrogen) atoms. The van der Waals surface area contributed by atoms with E-state index in [2.05, 4.69) is 0 Å². The molecule has 0 saturated carbocycles. The van der Waals surface area contributed by atoms with Gasteiger partial charge in [-0.1, -0.05) is 53.5 Å². The number of rotatable bonds is 4. The van der Waals surface area contributed by atoms with E-state index in [1.54, 1.807) is 48.5 Å². The van der Waals surface area contributed by atoms with Crippen LogP contribution in [-0.4, -0.2) is 9.83 Å². The first-order chi connectivity index (χ1) is 9.88. The first kappa shape index (κ1) is 16.9. The number of para-hydroxylation sites is 1. The summed E-state index contributed by atoms with van der Waals surface area (Å²) in [5, 5.41) is 0. The second-order valence-corrected chi connectivity index (χ2v) is 7.91. The standard InChI is InChI=1S/C14H9Cl2FINOS/c15-14(16,17)21-19(10-6-2-1-3-7-10)13(20)11-8-4-5-9-12(11)18/h1-9H. The molecule has 2 rings (SSSR count). The highest BCUT2D eigenvalue weighted by molar-refractivity contribution is 14.1. The average Bonchev–Trinajstić information content (AvgIpc) is 2.45. The monoisotopic (exact) mass is 455 g/mol. The van der Waals surface area contributed by atoms with Crippen molar-refractivity contribution >= 4 is 69.3 Å². The van der Waals surface area contributed by atoms with Crippen molar-refractivity contribution in [3.8, 4) is 0 Å². The van der Waals surface area contributed by atoms with Gasteiger partial charge < -0.3 is 0 Å². The zero-order valence-electron chi connectivity index (χ0n) is 10.5. The van der Waals surface area contributed by atoms with E-state index in [0.717, 1.165) is 7.88 Å². The van der Waals surface area contributed by atoms with Gasteiger partial charge in [-0.3, -0.25) is 4.79 Å². The summed E-state index contributed by atoms with van der Waals surface area (Å²) in [4.78, 5) is 12.7. The van der Waals surface area contributed by atoms with Crippen molar-refractivity contribution in [2.45, 2.75) is 3.92 Å². The third kappa shape index (κ3) is 4.74. The largest absolute Gasteiger partial charge is 0.324 e. The smallest absolute Gasteiger partial charge is 0.268 e. The quantitative estimate of drug-likeness (QED) is 0.337. The molecule has 2 aromatic rings. The van der Waals surface area contributed by atoms with Crippen molar-refractivity contribution in [2.24, 2.45) is 0 Å². The van der Waals surface area contributed by atoms with Gasteiger partial charge >= 0.3 is 3.92 Å². The molecule has 0 aromatic heterocycles. The van der Waals surface area contributed by atoms with Crippen LogP contribution in [0, 0.1) is 3.57 Å². The van der Waals surface area contributed by atoms with Gasteiger partial charge in [0.05, 0.1) is 11.3 Å². The van der Waals surface area contributed by atoms with Crippen LogP contribution in [0.1, 0.15) is 10.4 Å². The van der Waals surface area contributed by atoms with Gasteiger partial charge in [0.25, 0.3) is 5.91 Å². The number of halogens is 4. The first-order valence-corrected chi connectivity index (χ1v) is 8.39. The zero-order valence-corrected chi connectivity index (χ0v) is 15.0. The number of hydrogen-bond acceptors (Lipinski definition) is 2. The summed E-state index contributed by atoms with van der Waals surface area (Å²) < 4.78 is 12.9. The Morgan fingerprint density at radius 2 is 1.67 bits per heavy atom. The third-order valence-corrected chi connectivity index (χ3v) is 4.60. The minimum atomic E-state index is -2.61. The van der Waals surface area contributed by atoms with E-state index >= 15 is 0 Å². The predicted molar refractivity (Wildman–Crippen MR) is 95.5 cm³/mol. The number of anilines is 1. The topological polar surface area (TPSA) is 20.3 Å². The summed E-state index contributed by atoms with van der Waals surface area (Å²) in [5.74, 6) is -0.389. The molecule has 0 aliphatic heterocycles. The summed E-state index contributed by atoms with van der Waals surface area (Å²) in [7, 11) is 0. The Morgan fingerprint density at radius 1 is 1.10 bits per heavy atom. The molecule has 0 radical (unpaired) electrons. The molecule has 0 atom stereocenters. The maximum absolute atomic E-state index is 13.6. The summed E-state index contributed by atoms with van der Waals surface area (Å²) in [6.45, 7) is 0. The molecule has 0 N–H and O–H groups in total. The summed E-state index contributed by atoms with van der Waals surface area (Å²) in [6.07, 6.45) is 0. The summed E-state index contributed by atoms with van der Waals surface area (Å²) in [6, 6.07) is 15.7. The van der Waals surface area contributed by atoms with Crippen LogP contribution < -0.4 is 4.31 Å². The Labute approximate surface area is 149 Å². The maximum atomic E-state index is 13.6. The van der Waals surface area contributed by atoms with E-state index < -0.39 is 3.92 Å². The van der Waals surface area contributed by atoms with Gasteiger partial charge in [-0.2, -0.15) is 4.39 Å². The molecule has 0 saturated heterocycles. The maximum Gasteiger partial charge on any atom is 0.324 e. The van der Waals surface area contributed by atoms with Crippen LogP contribution in [0.4, 0.5) is 10.1 Å². The third-order valence-electron chi connectivity index (χ3n) is 2.47. The number of benzene rings is 2. The van der Waals surface area contributed by atoms with Crippen molar-refractivity contribution in [3.63, 3.8) is 0 Å². The molecule has 110 valence electrons. The summed E-state index contributed by atoms with van der Waals surface area (Å²) in [5.41, 5.74) is 0.947. The van der Waals surface area contributed by atoms with Crippen molar-refractivity contribution < 1.29 is 9.18 Å². The lowest BCUT2D eigenvalue weighted by molar-refractivity contribution is 0.101. The van der Waals surface area contributed by atoms with Gasteiger partial charge in [0.2, 0.25) is 0 Å². The molecular formula is C14H9Cl2FINOS. The highest BCUT2D eigenvalue weighted by Gasteiger charge is 2.32. The van der Waals surface area contributed by atoms with Gasteiger partial charge in [-0.15, -0.1) is 0 Å². The number of carbonyl (C=O) groups is 1. The van der Waals surface area contributed by atoms with Crippen LogP contribution in [0.3, 0.4) is 0 Å². The average molecular weight is 456 g/mol. The second kappa shape index (κ2) is 7.17. The van der Waals surface area contributed by atoms with Gasteiger partial charge in [0.1, 0.15) is 0 Å². The normalized spacial score (nSPS) is 11.2. The minimum absolute atomic E-state index is 0.389. The lowest BCUT2D eigenvalue weighted by Crippen LogP contribution is -2.27. The number of hydrogen-bond donors (Lipinski definition) is 0. The number of carbonyl (C=O) groups excluding carboxylic acids is 1. The SMILES string of the molecule is O=C(c1ccccc1I)N(SC(F)(Cl)Cl)c1ccccc1. The first-order valence-electron chi connectivity index (χ1n) is 5.78. The van der Waals surface area contributed by atoms with E-state index in [-0.39, 0.29) is 5.91 Å². The molecule has 2 nitrogen and oxygen atoms in total. The Balaban J connectivity index is 2.41. The second-order valence-electron chi connectivity index (χ2n) is 3.95. The molecule has 0 aliphatic rings. The fourth-order valence-corrected chi connectivity index (χ4v) is 3.27. The predicted octanol–water partition coefficient (Wildman–Crippen LogP) is 5.64. The highest BCUT2D eigenvalue weighted by Crippen LogP contribution is 2.41. The molecule has 2 aromatic carbocycles. The Morgan fingerprint density at radius 3 is 2.24 bits per heavy atom. The van der Waals surface area contributed by atoms with E-state index in [0.29, 0.717) is 23.2 Å². The van der Waals surface area contributed by atoms with E-state index in [1.165, 1.54) is 0 Å². The molecule has 1 amide bonds. The number of nitrogens with zero attached hydrogens (tertiary/aromatic N) is 1. The van der Waals surface area contributed by atoms with Gasteiger partial charge in [-0.25, -0.2) is 4.31 Å². The van der Waals surface area contributed by atoms with E-state index in [4.69, 9.17) is 23.2 Å². The zero-order chi connectivity index (χ0) is 15.5. The lowest BCUT2D eigenvalue weighted by atomic mass is 10.2. The van der Waals surface area contributed by atoms with Crippen LogP contribution in [0.15, 0.2) is 54.6 Å². The molecule has 0 aliphatic carbocycles. The Hall–Kier alpha value is -0.500. The summed E-state index contributed by atoms with van der Waals surface area (Å²) >= 11 is 13.3. The molecular weight excluding hydrogens is 447 g/mol. The van der Waals surface area contributed by atoms with Crippen LogP contribution in [-0.2, 0) is 0 Å². The van der Waals surface area contributed by atoms with Gasteiger partial charge in [-0.05, 0) is 46.9 Å². The van der Waals surface area contributed by atoms with E-state index in [9.17, 15) is 9.18 Å². The molecule has 0 heterocycles. The van der Waals surface area contributed by atoms with Crippen molar-refractivity contribution in [2.75, 3.05) is 4.31 Å². The van der Waals surface area contributed by atoms with Crippen molar-refractivity contribution in [1.82, 2.24) is 0 Å². The molecule has 0 bridgehead atoms.